The van der Waals surface area contributed by atoms with Gasteiger partial charge in [-0.2, -0.15) is 0 Å². The maximum Gasteiger partial charge on any atom is 0.0409 e. The van der Waals surface area contributed by atoms with Crippen LogP contribution >= 0.6 is 0 Å². The van der Waals surface area contributed by atoms with E-state index in [-0.39, 0.29) is 6.04 Å². The topological polar surface area (TPSA) is 34.2 Å². The van der Waals surface area contributed by atoms with Gasteiger partial charge in [-0.3, -0.25) is 0 Å². The van der Waals surface area contributed by atoms with Crippen LogP contribution in [0, 0.1) is 6.92 Å². The number of nitrogens with zero attached hydrogens (tertiary/aromatic N) is 2. The van der Waals surface area contributed by atoms with E-state index in [9.17, 15) is 0 Å². The predicted molar refractivity (Wildman–Crippen MR) is 79.3 cm³/mol. The Kier molecular flexibility index (Phi) is 3.22. The maximum atomic E-state index is 6.27. The number of rotatable bonds is 3. The van der Waals surface area contributed by atoms with E-state index >= 15 is 0 Å². The minimum atomic E-state index is 0.264. The maximum absolute atomic E-state index is 6.27. The molecule has 106 valence electrons. The average molecular weight is 261 g/mol. The van der Waals surface area contributed by atoms with E-state index < -0.39 is 0 Å². The Morgan fingerprint density at radius 3 is 2.68 bits per heavy atom. The summed E-state index contributed by atoms with van der Waals surface area (Å²) in [6.07, 6.45) is 7.64. The van der Waals surface area contributed by atoms with Crippen molar-refractivity contribution < 1.29 is 0 Å². The first kappa shape index (κ1) is 13.2. The van der Waals surface area contributed by atoms with E-state index in [0.717, 1.165) is 13.0 Å². The fourth-order valence-electron chi connectivity index (χ4n) is 3.85. The van der Waals surface area contributed by atoms with E-state index in [2.05, 4.69) is 36.6 Å². The third-order valence-electron chi connectivity index (χ3n) is 5.46. The summed E-state index contributed by atoms with van der Waals surface area (Å²) in [7, 11) is 4.46. The van der Waals surface area contributed by atoms with Gasteiger partial charge < -0.3 is 15.2 Å². The van der Waals surface area contributed by atoms with E-state index in [0.29, 0.717) is 5.54 Å². The molecule has 1 aromatic rings. The van der Waals surface area contributed by atoms with Gasteiger partial charge in [-0.15, -0.1) is 0 Å². The molecule has 0 aromatic carbocycles. The van der Waals surface area contributed by atoms with Gasteiger partial charge in [-0.1, -0.05) is 0 Å². The second-order valence-electron chi connectivity index (χ2n) is 6.74. The Balaban J connectivity index is 1.93. The van der Waals surface area contributed by atoms with E-state index in [1.807, 2.05) is 0 Å². The van der Waals surface area contributed by atoms with Crippen LogP contribution in [-0.4, -0.2) is 29.1 Å². The van der Waals surface area contributed by atoms with Crippen molar-refractivity contribution in [3.8, 4) is 0 Å². The van der Waals surface area contributed by atoms with Gasteiger partial charge in [-0.25, -0.2) is 0 Å². The smallest absolute Gasteiger partial charge is 0.0409 e. The molecule has 1 unspecified atom stereocenters. The zero-order chi connectivity index (χ0) is 13.6. The molecule has 1 saturated carbocycles. The molecule has 0 amide bonds. The van der Waals surface area contributed by atoms with Crippen molar-refractivity contribution in [3.05, 3.63) is 23.0 Å². The average Bonchev–Trinajstić information content (AvgIpc) is 2.61. The second-order valence-corrected chi connectivity index (χ2v) is 6.74. The van der Waals surface area contributed by atoms with Crippen LogP contribution in [0.5, 0.6) is 0 Å². The normalized spacial score (nSPS) is 25.2. The Morgan fingerprint density at radius 1 is 1.37 bits per heavy atom. The third-order valence-corrected chi connectivity index (χ3v) is 5.46. The summed E-state index contributed by atoms with van der Waals surface area (Å²) in [5, 5.41) is 0. The van der Waals surface area contributed by atoms with Crippen LogP contribution in [0.15, 0.2) is 6.07 Å². The standard InChI is InChI=1S/C16H27N3/c1-12-10-13-14(17)6-4-7-15(13)19(12)11-16(18(2)3)8-5-9-16/h10,14H,4-9,11,17H2,1-3H3. The van der Waals surface area contributed by atoms with Gasteiger partial charge in [0.2, 0.25) is 0 Å². The molecule has 1 atom stereocenters. The monoisotopic (exact) mass is 261 g/mol. The quantitative estimate of drug-likeness (QED) is 0.907. The van der Waals surface area contributed by atoms with Gasteiger partial charge in [0.1, 0.15) is 0 Å². The SMILES string of the molecule is Cc1cc2c(n1CC1(N(C)C)CCC1)CCCC2N. The van der Waals surface area contributed by atoms with Crippen LogP contribution in [0.1, 0.15) is 55.1 Å². The van der Waals surface area contributed by atoms with Gasteiger partial charge in [0.05, 0.1) is 0 Å². The van der Waals surface area contributed by atoms with Crippen molar-refractivity contribution in [1.82, 2.24) is 9.47 Å². The highest BCUT2D eigenvalue weighted by Crippen LogP contribution is 2.40. The molecule has 19 heavy (non-hydrogen) atoms. The summed E-state index contributed by atoms with van der Waals surface area (Å²) < 4.78 is 2.56. The van der Waals surface area contributed by atoms with E-state index in [1.165, 1.54) is 49.1 Å². The number of hydrogen-bond donors (Lipinski definition) is 1. The van der Waals surface area contributed by atoms with Crippen molar-refractivity contribution >= 4 is 0 Å². The summed E-state index contributed by atoms with van der Waals surface area (Å²) in [5.74, 6) is 0. The minimum Gasteiger partial charge on any atom is -0.347 e. The third kappa shape index (κ3) is 2.03. The molecule has 0 radical (unpaired) electrons. The Bertz CT molecular complexity index is 469. The van der Waals surface area contributed by atoms with Crippen molar-refractivity contribution in [2.24, 2.45) is 5.73 Å². The Hall–Kier alpha value is -0.800. The molecular formula is C16H27N3. The molecule has 2 aliphatic carbocycles. The van der Waals surface area contributed by atoms with Gasteiger partial charge in [0.25, 0.3) is 0 Å². The van der Waals surface area contributed by atoms with Gasteiger partial charge >= 0.3 is 0 Å². The van der Waals surface area contributed by atoms with Crippen LogP contribution in [-0.2, 0) is 13.0 Å². The molecule has 1 heterocycles. The van der Waals surface area contributed by atoms with Gasteiger partial charge in [-0.05, 0) is 71.2 Å². The first-order valence-electron chi connectivity index (χ1n) is 7.65. The first-order chi connectivity index (χ1) is 9.03. The number of aryl methyl sites for hydroxylation is 1. The molecule has 0 spiro atoms. The Labute approximate surface area is 116 Å². The lowest BCUT2D eigenvalue weighted by Crippen LogP contribution is -2.53. The van der Waals surface area contributed by atoms with E-state index in [1.54, 1.807) is 0 Å². The lowest BCUT2D eigenvalue weighted by atomic mass is 9.75. The molecule has 1 fully saturated rings. The van der Waals surface area contributed by atoms with Crippen molar-refractivity contribution in [2.75, 3.05) is 14.1 Å². The molecule has 3 nitrogen and oxygen atoms in total. The van der Waals surface area contributed by atoms with Gasteiger partial charge in [0.15, 0.2) is 0 Å². The molecule has 3 heteroatoms. The minimum absolute atomic E-state index is 0.264. The number of nitrogens with two attached hydrogens (primary N) is 1. The lowest BCUT2D eigenvalue weighted by molar-refractivity contribution is 0.0411. The summed E-state index contributed by atoms with van der Waals surface area (Å²) in [6.45, 7) is 3.39. The first-order valence-corrected chi connectivity index (χ1v) is 7.65. The molecule has 3 rings (SSSR count). The van der Waals surface area contributed by atoms with Crippen molar-refractivity contribution in [2.45, 2.75) is 63.6 Å². The van der Waals surface area contributed by atoms with Crippen molar-refractivity contribution in [3.63, 3.8) is 0 Å². The summed E-state index contributed by atoms with van der Waals surface area (Å²) in [5.41, 5.74) is 11.0. The highest BCUT2D eigenvalue weighted by molar-refractivity contribution is 5.33. The highest BCUT2D eigenvalue weighted by atomic mass is 15.2. The van der Waals surface area contributed by atoms with E-state index in [4.69, 9.17) is 5.73 Å². The van der Waals surface area contributed by atoms with Crippen molar-refractivity contribution in [1.29, 1.82) is 0 Å². The fourth-order valence-corrected chi connectivity index (χ4v) is 3.85. The van der Waals surface area contributed by atoms with Crippen LogP contribution < -0.4 is 5.73 Å². The summed E-state index contributed by atoms with van der Waals surface area (Å²) in [4.78, 5) is 2.44. The van der Waals surface area contributed by atoms with Crippen LogP contribution in [0.3, 0.4) is 0 Å². The zero-order valence-electron chi connectivity index (χ0n) is 12.6. The molecule has 1 aromatic heterocycles. The fraction of sp³-hybridized carbons (Fsp3) is 0.750. The number of likely N-dealkylation sites (N-methyl/N-ethyl adjacent to an activating group) is 1. The second kappa shape index (κ2) is 4.64. The van der Waals surface area contributed by atoms with Crippen LogP contribution in [0.4, 0.5) is 0 Å². The summed E-state index contributed by atoms with van der Waals surface area (Å²) in [6, 6.07) is 2.60. The van der Waals surface area contributed by atoms with Crippen LogP contribution in [0.25, 0.3) is 0 Å². The zero-order valence-corrected chi connectivity index (χ0v) is 12.6. The number of hydrogen-bond acceptors (Lipinski definition) is 2. The number of aromatic nitrogens is 1. The highest BCUT2D eigenvalue weighted by Gasteiger charge is 2.40. The lowest BCUT2D eigenvalue weighted by Gasteiger charge is -2.48. The van der Waals surface area contributed by atoms with Crippen LogP contribution in [0.2, 0.25) is 0 Å². The largest absolute Gasteiger partial charge is 0.347 e. The number of fused-ring (bicyclic) bond motifs is 1. The molecule has 0 bridgehead atoms. The molecule has 2 aliphatic rings. The Morgan fingerprint density at radius 2 is 2.11 bits per heavy atom. The van der Waals surface area contributed by atoms with Gasteiger partial charge in [0, 0.05) is 29.5 Å². The molecule has 2 N–H and O–H groups in total. The molecule has 0 aliphatic heterocycles. The summed E-state index contributed by atoms with van der Waals surface area (Å²) >= 11 is 0. The molecule has 0 saturated heterocycles. The molecular weight excluding hydrogens is 234 g/mol. The predicted octanol–water partition coefficient (Wildman–Crippen LogP) is 2.62.